The van der Waals surface area contributed by atoms with Crippen LogP contribution in [-0.2, 0) is 10.8 Å². The minimum absolute atomic E-state index is 0.0486. The van der Waals surface area contributed by atoms with E-state index in [1.807, 2.05) is 6.92 Å². The Morgan fingerprint density at radius 1 is 0.828 bits per heavy atom. The lowest BCUT2D eigenvalue weighted by Crippen LogP contribution is -2.34. The van der Waals surface area contributed by atoms with E-state index in [4.69, 9.17) is 0 Å². The molecule has 0 fully saturated rings. The summed E-state index contributed by atoms with van der Waals surface area (Å²) in [5, 5.41) is 18.7. The van der Waals surface area contributed by atoms with E-state index < -0.39 is 11.9 Å². The highest BCUT2D eigenvalue weighted by Crippen LogP contribution is 2.47. The van der Waals surface area contributed by atoms with Crippen molar-refractivity contribution in [1.82, 2.24) is 0 Å². The fraction of sp³-hybridized carbons (Fsp3) is 0.360. The molecule has 0 radical (unpaired) electrons. The Balaban J connectivity index is 2.15. The van der Waals surface area contributed by atoms with Crippen LogP contribution in [0.15, 0.2) is 36.9 Å². The van der Waals surface area contributed by atoms with E-state index in [0.717, 1.165) is 24.0 Å². The van der Waals surface area contributed by atoms with Gasteiger partial charge in [-0.05, 0) is 76.1 Å². The first-order valence-corrected chi connectivity index (χ1v) is 9.81. The number of aryl methyl sites for hydroxylation is 1. The summed E-state index contributed by atoms with van der Waals surface area (Å²) in [4.78, 5) is 22.9. The summed E-state index contributed by atoms with van der Waals surface area (Å²) in [6.45, 7) is 15.3. The van der Waals surface area contributed by atoms with E-state index in [9.17, 15) is 19.8 Å². The van der Waals surface area contributed by atoms with E-state index in [1.54, 1.807) is 6.07 Å². The molecule has 4 nitrogen and oxygen atoms in total. The molecule has 2 aromatic rings. The van der Waals surface area contributed by atoms with Gasteiger partial charge in [0.05, 0.1) is 11.1 Å². The zero-order chi connectivity index (χ0) is 21.7. The fourth-order valence-electron chi connectivity index (χ4n) is 4.30. The Morgan fingerprint density at radius 2 is 1.34 bits per heavy atom. The second kappa shape index (κ2) is 6.87. The molecular weight excluding hydrogens is 364 g/mol. The topological polar surface area (TPSA) is 74.6 Å². The van der Waals surface area contributed by atoms with Crippen molar-refractivity contribution in [3.05, 3.63) is 75.9 Å². The third kappa shape index (κ3) is 3.59. The van der Waals surface area contributed by atoms with Crippen LogP contribution in [0.3, 0.4) is 0 Å². The van der Waals surface area contributed by atoms with Crippen LogP contribution in [0.2, 0.25) is 0 Å². The molecular formula is C25H28O4. The molecule has 29 heavy (non-hydrogen) atoms. The maximum Gasteiger partial charge on any atom is 0.336 e. The van der Waals surface area contributed by atoms with Gasteiger partial charge in [0.2, 0.25) is 0 Å². The third-order valence-electron chi connectivity index (χ3n) is 6.35. The molecule has 4 heteroatoms. The molecule has 0 bridgehead atoms. The van der Waals surface area contributed by atoms with Gasteiger partial charge in [0.15, 0.2) is 0 Å². The number of fused-ring (bicyclic) bond motifs is 1. The standard InChI is InChI=1S/C25H28O4/c1-14-11-20-21(25(5,6)10-9-24(20,3)4)13-18(14)15(2)16-7-8-17(22(26)27)19(12-16)23(28)29/h7-8,11-13H,2,9-10H2,1,3-6H3,(H,26,27)(H,28,29). The lowest BCUT2D eigenvalue weighted by atomic mass is 9.62. The van der Waals surface area contributed by atoms with Crippen LogP contribution in [0.4, 0.5) is 0 Å². The highest BCUT2D eigenvalue weighted by molar-refractivity contribution is 6.02. The van der Waals surface area contributed by atoms with Crippen molar-refractivity contribution in [3.63, 3.8) is 0 Å². The number of benzene rings is 2. The molecule has 2 aromatic carbocycles. The predicted molar refractivity (Wildman–Crippen MR) is 115 cm³/mol. The van der Waals surface area contributed by atoms with E-state index in [-0.39, 0.29) is 22.0 Å². The summed E-state index contributed by atoms with van der Waals surface area (Å²) in [5.74, 6) is -2.52. The lowest BCUT2D eigenvalue weighted by Gasteiger charge is -2.42. The van der Waals surface area contributed by atoms with Crippen molar-refractivity contribution in [2.75, 3.05) is 0 Å². The number of carboxylic acids is 2. The first kappa shape index (κ1) is 20.8. The molecule has 0 spiro atoms. The SMILES string of the molecule is C=C(c1ccc(C(=O)O)c(C(=O)O)c1)c1cc2c(cc1C)C(C)(C)CCC2(C)C. The van der Waals surface area contributed by atoms with Crippen LogP contribution in [-0.4, -0.2) is 22.2 Å². The molecule has 1 aliphatic carbocycles. The van der Waals surface area contributed by atoms with Gasteiger partial charge < -0.3 is 10.2 Å². The van der Waals surface area contributed by atoms with Gasteiger partial charge >= 0.3 is 11.9 Å². The molecule has 0 heterocycles. The largest absolute Gasteiger partial charge is 0.478 e. The van der Waals surface area contributed by atoms with E-state index in [1.165, 1.54) is 23.3 Å². The van der Waals surface area contributed by atoms with Gasteiger partial charge in [-0.15, -0.1) is 0 Å². The van der Waals surface area contributed by atoms with Crippen LogP contribution < -0.4 is 0 Å². The summed E-state index contributed by atoms with van der Waals surface area (Å²) in [5.41, 5.74) is 5.72. The summed E-state index contributed by atoms with van der Waals surface area (Å²) in [7, 11) is 0. The van der Waals surface area contributed by atoms with Crippen LogP contribution in [0, 0.1) is 6.92 Å². The molecule has 0 aliphatic heterocycles. The minimum Gasteiger partial charge on any atom is -0.478 e. The van der Waals surface area contributed by atoms with Crippen LogP contribution in [0.1, 0.15) is 89.1 Å². The van der Waals surface area contributed by atoms with Gasteiger partial charge in [-0.1, -0.05) is 52.5 Å². The molecule has 1 aliphatic rings. The van der Waals surface area contributed by atoms with E-state index >= 15 is 0 Å². The number of rotatable bonds is 4. The highest BCUT2D eigenvalue weighted by Gasteiger charge is 2.37. The quantitative estimate of drug-likeness (QED) is 0.689. The Labute approximate surface area is 171 Å². The van der Waals surface area contributed by atoms with Gasteiger partial charge in [-0.2, -0.15) is 0 Å². The number of carbonyl (C=O) groups is 2. The molecule has 0 unspecified atom stereocenters. The van der Waals surface area contributed by atoms with Crippen molar-refractivity contribution < 1.29 is 19.8 Å². The van der Waals surface area contributed by atoms with Gasteiger partial charge in [0.25, 0.3) is 0 Å². The Kier molecular flexibility index (Phi) is 4.94. The monoisotopic (exact) mass is 392 g/mol. The highest BCUT2D eigenvalue weighted by atomic mass is 16.4. The molecule has 0 aromatic heterocycles. The summed E-state index contributed by atoms with van der Waals surface area (Å²) < 4.78 is 0. The summed E-state index contributed by atoms with van der Waals surface area (Å²) >= 11 is 0. The van der Waals surface area contributed by atoms with Crippen molar-refractivity contribution in [3.8, 4) is 0 Å². The van der Waals surface area contributed by atoms with E-state index in [0.29, 0.717) is 11.1 Å². The normalized spacial score (nSPS) is 16.7. The van der Waals surface area contributed by atoms with Gasteiger partial charge in [0.1, 0.15) is 0 Å². The third-order valence-corrected chi connectivity index (χ3v) is 6.35. The molecule has 2 N–H and O–H groups in total. The molecule has 0 saturated heterocycles. The van der Waals surface area contributed by atoms with Crippen molar-refractivity contribution in [2.45, 2.75) is 58.3 Å². The maximum atomic E-state index is 11.6. The Hall–Kier alpha value is -2.88. The second-order valence-corrected chi connectivity index (χ2v) is 9.33. The first-order valence-electron chi connectivity index (χ1n) is 9.81. The first-order chi connectivity index (χ1) is 13.3. The number of aromatic carboxylic acids is 2. The van der Waals surface area contributed by atoms with Gasteiger partial charge in [0, 0.05) is 0 Å². The molecule has 3 rings (SSSR count). The summed E-state index contributed by atoms with van der Waals surface area (Å²) in [6.07, 6.45) is 2.23. The Bertz CT molecular complexity index is 1040. The van der Waals surface area contributed by atoms with Crippen molar-refractivity contribution in [2.24, 2.45) is 0 Å². The molecule has 0 saturated carbocycles. The maximum absolute atomic E-state index is 11.6. The average Bonchev–Trinajstić information content (AvgIpc) is 2.64. The lowest BCUT2D eigenvalue weighted by molar-refractivity contribution is 0.0651. The predicted octanol–water partition coefficient (Wildman–Crippen LogP) is 5.80. The van der Waals surface area contributed by atoms with Crippen LogP contribution >= 0.6 is 0 Å². The van der Waals surface area contributed by atoms with Crippen molar-refractivity contribution >= 4 is 17.5 Å². The molecule has 0 amide bonds. The zero-order valence-corrected chi connectivity index (χ0v) is 17.7. The average molecular weight is 392 g/mol. The number of hydrogen-bond acceptors (Lipinski definition) is 2. The van der Waals surface area contributed by atoms with E-state index in [2.05, 4.69) is 46.4 Å². The molecule has 152 valence electrons. The van der Waals surface area contributed by atoms with Gasteiger partial charge in [-0.25, -0.2) is 9.59 Å². The van der Waals surface area contributed by atoms with Crippen molar-refractivity contribution in [1.29, 1.82) is 0 Å². The molecule has 0 atom stereocenters. The van der Waals surface area contributed by atoms with Crippen LogP contribution in [0.5, 0.6) is 0 Å². The minimum atomic E-state index is -1.26. The Morgan fingerprint density at radius 3 is 1.86 bits per heavy atom. The van der Waals surface area contributed by atoms with Gasteiger partial charge in [-0.3, -0.25) is 0 Å². The summed E-state index contributed by atoms with van der Waals surface area (Å²) in [6, 6.07) is 8.81. The number of carboxylic acid groups (broad SMARTS) is 2. The second-order valence-electron chi connectivity index (χ2n) is 9.33. The fourth-order valence-corrected chi connectivity index (χ4v) is 4.30. The smallest absolute Gasteiger partial charge is 0.336 e. The number of hydrogen-bond donors (Lipinski definition) is 2. The zero-order valence-electron chi connectivity index (χ0n) is 17.7. The van der Waals surface area contributed by atoms with Crippen LogP contribution in [0.25, 0.3) is 5.57 Å².